The third kappa shape index (κ3) is 3.91. The highest BCUT2D eigenvalue weighted by atomic mass is 35.5. The molecule has 5 heteroatoms. The Labute approximate surface area is 164 Å². The number of likely N-dealkylation sites (tertiary alicyclic amines) is 1. The molecule has 1 amide bonds. The predicted molar refractivity (Wildman–Crippen MR) is 107 cm³/mol. The van der Waals surface area contributed by atoms with Crippen LogP contribution in [0.2, 0.25) is 5.02 Å². The van der Waals surface area contributed by atoms with E-state index in [0.717, 1.165) is 48.5 Å². The van der Waals surface area contributed by atoms with Crippen molar-refractivity contribution in [3.8, 4) is 11.3 Å². The highest BCUT2D eigenvalue weighted by Crippen LogP contribution is 2.31. The molecule has 138 valence electrons. The van der Waals surface area contributed by atoms with Crippen molar-refractivity contribution in [3.05, 3.63) is 77.2 Å². The van der Waals surface area contributed by atoms with Crippen LogP contribution in [0.4, 0.5) is 0 Å². The summed E-state index contributed by atoms with van der Waals surface area (Å²) in [6.45, 7) is 0.759. The van der Waals surface area contributed by atoms with Crippen molar-refractivity contribution in [1.82, 2.24) is 14.9 Å². The molecule has 0 aliphatic carbocycles. The summed E-state index contributed by atoms with van der Waals surface area (Å²) in [5.41, 5.74) is 2.95. The van der Waals surface area contributed by atoms with Gasteiger partial charge in [0.25, 0.3) is 0 Å². The number of carbonyl (C=O) groups excluding carboxylic acids is 1. The van der Waals surface area contributed by atoms with Crippen molar-refractivity contribution in [2.24, 2.45) is 0 Å². The Morgan fingerprint density at radius 1 is 1.11 bits per heavy atom. The second-order valence-corrected chi connectivity index (χ2v) is 7.32. The standard InChI is InChI=1S/C22H22ClN3O/c23-18-11-5-4-10-17(18)14-21(27)26-13-7-6-12-20(26)22-24-15-19(25-22)16-8-2-1-3-9-16/h1-5,8-11,15,20H,6-7,12-14H2,(H,24,25)/t20-/m1/s1. The normalized spacial score (nSPS) is 17.1. The maximum Gasteiger partial charge on any atom is 0.227 e. The van der Waals surface area contributed by atoms with Crippen molar-refractivity contribution >= 4 is 17.5 Å². The summed E-state index contributed by atoms with van der Waals surface area (Å²) in [6.07, 6.45) is 5.23. The van der Waals surface area contributed by atoms with E-state index in [1.807, 2.05) is 53.6 Å². The van der Waals surface area contributed by atoms with Gasteiger partial charge in [-0.2, -0.15) is 0 Å². The van der Waals surface area contributed by atoms with Crippen LogP contribution in [0, 0.1) is 0 Å². The zero-order chi connectivity index (χ0) is 18.6. The zero-order valence-electron chi connectivity index (χ0n) is 15.1. The van der Waals surface area contributed by atoms with Crippen LogP contribution in [-0.4, -0.2) is 27.3 Å². The van der Waals surface area contributed by atoms with E-state index in [-0.39, 0.29) is 11.9 Å². The van der Waals surface area contributed by atoms with Crippen LogP contribution in [-0.2, 0) is 11.2 Å². The maximum atomic E-state index is 13.0. The topological polar surface area (TPSA) is 49.0 Å². The monoisotopic (exact) mass is 379 g/mol. The zero-order valence-corrected chi connectivity index (χ0v) is 15.8. The number of aromatic amines is 1. The first-order chi connectivity index (χ1) is 13.2. The number of hydrogen-bond acceptors (Lipinski definition) is 2. The third-order valence-corrected chi connectivity index (χ3v) is 5.49. The number of aromatic nitrogens is 2. The van der Waals surface area contributed by atoms with E-state index in [1.54, 1.807) is 0 Å². The van der Waals surface area contributed by atoms with Gasteiger partial charge in [0.15, 0.2) is 0 Å². The average molecular weight is 380 g/mol. The molecule has 2 heterocycles. The number of H-pyrrole nitrogens is 1. The smallest absolute Gasteiger partial charge is 0.227 e. The van der Waals surface area contributed by atoms with Gasteiger partial charge >= 0.3 is 0 Å². The van der Waals surface area contributed by atoms with E-state index in [4.69, 9.17) is 11.6 Å². The van der Waals surface area contributed by atoms with Gasteiger partial charge in [0.1, 0.15) is 5.82 Å². The number of rotatable bonds is 4. The molecule has 0 bridgehead atoms. The third-order valence-electron chi connectivity index (χ3n) is 5.12. The van der Waals surface area contributed by atoms with Crippen LogP contribution >= 0.6 is 11.6 Å². The van der Waals surface area contributed by atoms with Gasteiger partial charge in [-0.3, -0.25) is 4.79 Å². The first-order valence-corrected chi connectivity index (χ1v) is 9.73. The average Bonchev–Trinajstić information content (AvgIpc) is 3.20. The van der Waals surface area contributed by atoms with E-state index >= 15 is 0 Å². The molecule has 27 heavy (non-hydrogen) atoms. The first-order valence-electron chi connectivity index (χ1n) is 9.35. The largest absolute Gasteiger partial charge is 0.340 e. The van der Waals surface area contributed by atoms with E-state index in [1.165, 1.54) is 0 Å². The quantitative estimate of drug-likeness (QED) is 0.691. The Morgan fingerprint density at radius 2 is 1.89 bits per heavy atom. The molecule has 1 aliphatic heterocycles. The summed E-state index contributed by atoms with van der Waals surface area (Å²) in [4.78, 5) is 23.0. The van der Waals surface area contributed by atoms with Gasteiger partial charge in [-0.15, -0.1) is 0 Å². The Balaban J connectivity index is 1.55. The molecule has 2 aromatic carbocycles. The van der Waals surface area contributed by atoms with Crippen LogP contribution < -0.4 is 0 Å². The fourth-order valence-electron chi connectivity index (χ4n) is 3.69. The van der Waals surface area contributed by atoms with Crippen molar-refractivity contribution in [1.29, 1.82) is 0 Å². The van der Waals surface area contributed by atoms with Gasteiger partial charge in [-0.25, -0.2) is 4.98 Å². The fourth-order valence-corrected chi connectivity index (χ4v) is 3.89. The minimum Gasteiger partial charge on any atom is -0.340 e. The molecule has 1 atom stereocenters. The molecule has 3 aromatic rings. The lowest BCUT2D eigenvalue weighted by Gasteiger charge is -2.34. The van der Waals surface area contributed by atoms with E-state index in [9.17, 15) is 4.79 Å². The summed E-state index contributed by atoms with van der Waals surface area (Å²) < 4.78 is 0. The minimum atomic E-state index is -0.00815. The number of nitrogens with zero attached hydrogens (tertiary/aromatic N) is 2. The fraction of sp³-hybridized carbons (Fsp3) is 0.273. The molecule has 0 unspecified atom stereocenters. The van der Waals surface area contributed by atoms with E-state index < -0.39 is 0 Å². The minimum absolute atomic E-state index is 0.00815. The highest BCUT2D eigenvalue weighted by Gasteiger charge is 2.30. The number of amides is 1. The van der Waals surface area contributed by atoms with Crippen molar-refractivity contribution in [2.75, 3.05) is 6.54 Å². The van der Waals surface area contributed by atoms with Gasteiger partial charge in [-0.05, 0) is 36.5 Å². The molecule has 4 rings (SSSR count). The van der Waals surface area contributed by atoms with E-state index in [2.05, 4.69) is 22.1 Å². The molecule has 0 saturated carbocycles. The first kappa shape index (κ1) is 17.8. The van der Waals surface area contributed by atoms with Gasteiger partial charge in [0, 0.05) is 11.6 Å². The molecule has 0 spiro atoms. The molecule has 0 radical (unpaired) electrons. The molecular formula is C22H22ClN3O. The number of hydrogen-bond donors (Lipinski definition) is 1. The lowest BCUT2D eigenvalue weighted by molar-refractivity contribution is -0.134. The Kier molecular flexibility index (Phi) is 5.26. The lowest BCUT2D eigenvalue weighted by Crippen LogP contribution is -2.39. The number of carbonyl (C=O) groups is 1. The van der Waals surface area contributed by atoms with Crippen LogP contribution in [0.15, 0.2) is 60.8 Å². The Hall–Kier alpha value is -2.59. The lowest BCUT2D eigenvalue weighted by atomic mass is 10.00. The van der Waals surface area contributed by atoms with Gasteiger partial charge < -0.3 is 9.88 Å². The number of piperidine rings is 1. The second-order valence-electron chi connectivity index (χ2n) is 6.92. The molecule has 1 saturated heterocycles. The van der Waals surface area contributed by atoms with Crippen LogP contribution in [0.5, 0.6) is 0 Å². The summed E-state index contributed by atoms with van der Waals surface area (Å²) >= 11 is 6.24. The van der Waals surface area contributed by atoms with Crippen molar-refractivity contribution in [2.45, 2.75) is 31.7 Å². The molecule has 1 N–H and O–H groups in total. The second kappa shape index (κ2) is 7.97. The van der Waals surface area contributed by atoms with Crippen molar-refractivity contribution < 1.29 is 4.79 Å². The highest BCUT2D eigenvalue weighted by molar-refractivity contribution is 6.31. The van der Waals surface area contributed by atoms with Gasteiger partial charge in [0.2, 0.25) is 5.91 Å². The molecule has 4 nitrogen and oxygen atoms in total. The molecular weight excluding hydrogens is 358 g/mol. The van der Waals surface area contributed by atoms with Crippen LogP contribution in [0.25, 0.3) is 11.3 Å². The number of halogens is 1. The van der Waals surface area contributed by atoms with Crippen molar-refractivity contribution in [3.63, 3.8) is 0 Å². The molecule has 1 aliphatic rings. The Morgan fingerprint density at radius 3 is 2.70 bits per heavy atom. The number of benzene rings is 2. The Bertz CT molecular complexity index is 922. The predicted octanol–water partition coefficient (Wildman–Crippen LogP) is 5.03. The molecule has 1 fully saturated rings. The van der Waals surface area contributed by atoms with Gasteiger partial charge in [-0.1, -0.05) is 60.1 Å². The van der Waals surface area contributed by atoms with Crippen LogP contribution in [0.1, 0.15) is 36.7 Å². The SMILES string of the molecule is O=C(Cc1ccccc1Cl)N1CCCC[C@@H]1c1ncc(-c2ccccc2)[nH]1. The summed E-state index contributed by atoms with van der Waals surface area (Å²) in [5.74, 6) is 0.964. The summed E-state index contributed by atoms with van der Waals surface area (Å²) in [5, 5.41) is 0.642. The van der Waals surface area contributed by atoms with Gasteiger partial charge in [0.05, 0.1) is 24.4 Å². The maximum absolute atomic E-state index is 13.0. The summed E-state index contributed by atoms with van der Waals surface area (Å²) in [6, 6.07) is 17.7. The number of nitrogens with one attached hydrogen (secondary N) is 1. The summed E-state index contributed by atoms with van der Waals surface area (Å²) in [7, 11) is 0. The molecule has 1 aromatic heterocycles. The van der Waals surface area contributed by atoms with Crippen LogP contribution in [0.3, 0.4) is 0 Å². The van der Waals surface area contributed by atoms with E-state index in [0.29, 0.717) is 11.4 Å². The number of imidazole rings is 1.